The highest BCUT2D eigenvalue weighted by molar-refractivity contribution is 7.86. The zero-order chi connectivity index (χ0) is 15.2. The molecule has 0 spiro atoms. The molecule has 0 unspecified atom stereocenters. The summed E-state index contributed by atoms with van der Waals surface area (Å²) in [5.41, 5.74) is 15.8. The van der Waals surface area contributed by atoms with Crippen LogP contribution in [0.25, 0.3) is 0 Å². The first-order chi connectivity index (χ1) is 9.34. The van der Waals surface area contributed by atoms with Gasteiger partial charge in [-0.25, -0.2) is 8.42 Å². The van der Waals surface area contributed by atoms with E-state index in [9.17, 15) is 13.0 Å². The summed E-state index contributed by atoms with van der Waals surface area (Å²) in [7, 11) is -4.48. The van der Waals surface area contributed by atoms with E-state index in [0.717, 1.165) is 12.6 Å². The predicted molar refractivity (Wildman–Crippen MR) is 76.3 cm³/mol. The zero-order valence-corrected chi connectivity index (χ0v) is 11.6. The molecule has 2 rings (SSSR count). The number of anilines is 2. The molecular weight excluding hydrogens is 278 g/mol. The van der Waals surface area contributed by atoms with E-state index in [1.54, 1.807) is 0 Å². The van der Waals surface area contributed by atoms with Gasteiger partial charge in [0.1, 0.15) is 10.1 Å². The van der Waals surface area contributed by atoms with Crippen LogP contribution in [0, 0.1) is 0 Å². The van der Waals surface area contributed by atoms with Gasteiger partial charge in [-0.05, 0) is 18.2 Å². The van der Waals surface area contributed by atoms with Crippen molar-refractivity contribution in [2.24, 2.45) is 0 Å². The van der Waals surface area contributed by atoms with Gasteiger partial charge in [-0.2, -0.15) is 0 Å². The summed E-state index contributed by atoms with van der Waals surface area (Å²) >= 11 is 0. The molecule has 0 bridgehead atoms. The molecule has 0 saturated heterocycles. The van der Waals surface area contributed by atoms with Crippen molar-refractivity contribution in [3.63, 3.8) is 0 Å². The van der Waals surface area contributed by atoms with Crippen LogP contribution in [-0.4, -0.2) is 13.0 Å². The van der Waals surface area contributed by atoms with Gasteiger partial charge in [0.2, 0.25) is 0 Å². The summed E-state index contributed by atoms with van der Waals surface area (Å²) in [6, 6.07) is 13.8. The second-order valence-electron chi connectivity index (χ2n) is 3.99. The van der Waals surface area contributed by atoms with Crippen LogP contribution in [-0.2, 0) is 16.7 Å². The average molecular weight is 295 g/mol. The summed E-state index contributed by atoms with van der Waals surface area (Å²) in [4.78, 5) is -0.434. The van der Waals surface area contributed by atoms with Gasteiger partial charge in [-0.1, -0.05) is 30.3 Å². The minimum absolute atomic E-state index is 0.120. The fourth-order valence-corrected chi connectivity index (χ4v) is 2.02. The van der Waals surface area contributed by atoms with E-state index in [1.807, 2.05) is 18.2 Å². The Hall–Kier alpha value is -2.09. The first-order valence-corrected chi connectivity index (χ1v) is 7.19. The molecule has 7 N–H and O–H groups in total. The van der Waals surface area contributed by atoms with E-state index in [2.05, 4.69) is 17.9 Å². The third kappa shape index (κ3) is 4.88. The fourth-order valence-electron chi connectivity index (χ4n) is 1.44. The quantitative estimate of drug-likeness (QED) is 0.536. The minimum atomic E-state index is -4.48. The van der Waals surface area contributed by atoms with Crippen molar-refractivity contribution < 1.29 is 18.7 Å². The van der Waals surface area contributed by atoms with E-state index in [1.165, 1.54) is 17.7 Å². The maximum absolute atomic E-state index is 10.5. The predicted octanol–water partition coefficient (Wildman–Crippen LogP) is 0.184. The lowest BCUT2D eigenvalue weighted by Crippen LogP contribution is -2.47. The summed E-state index contributed by atoms with van der Waals surface area (Å²) in [6.45, 7) is 0.890. The number of rotatable bonds is 2. The highest BCUT2D eigenvalue weighted by Gasteiger charge is 2.05. The van der Waals surface area contributed by atoms with Crippen LogP contribution in [0.2, 0.25) is 0 Å². The lowest BCUT2D eigenvalue weighted by atomic mass is 10.2. The topological polar surface area (TPSA) is 137 Å². The Labute approximate surface area is 118 Å². The lowest BCUT2D eigenvalue weighted by Gasteiger charge is -2.09. The van der Waals surface area contributed by atoms with Gasteiger partial charge < -0.3 is 21.8 Å². The monoisotopic (exact) mass is 295 g/mol. The molecule has 0 atom stereocenters. The molecule has 0 aliphatic carbocycles. The van der Waals surface area contributed by atoms with E-state index < -0.39 is 15.0 Å². The van der Waals surface area contributed by atoms with Gasteiger partial charge in [0.25, 0.3) is 0 Å². The van der Waals surface area contributed by atoms with Crippen LogP contribution >= 0.6 is 0 Å². The summed E-state index contributed by atoms with van der Waals surface area (Å²) in [6.07, 6.45) is 0. The van der Waals surface area contributed by atoms with Crippen LogP contribution in [0.4, 0.5) is 11.4 Å². The van der Waals surface area contributed by atoms with Crippen molar-refractivity contribution in [2.45, 2.75) is 11.4 Å². The number of hydrogen-bond acceptors (Lipinski definition) is 5. The lowest BCUT2D eigenvalue weighted by molar-refractivity contribution is -0.386. The normalized spacial score (nSPS) is 10.5. The van der Waals surface area contributed by atoms with Crippen LogP contribution < -0.4 is 17.2 Å². The van der Waals surface area contributed by atoms with E-state index in [-0.39, 0.29) is 5.69 Å². The van der Waals surface area contributed by atoms with Crippen LogP contribution in [0.1, 0.15) is 5.56 Å². The minimum Gasteiger partial charge on any atom is -0.744 e. The van der Waals surface area contributed by atoms with Gasteiger partial charge in [-0.3, -0.25) is 0 Å². The molecule has 0 heterocycles. The number of nitrogen functional groups attached to an aromatic ring is 2. The number of quaternary nitrogens is 1. The molecule has 108 valence electrons. The maximum atomic E-state index is 10.5. The first kappa shape index (κ1) is 16.0. The SMILES string of the molecule is Nc1ccc(S(=O)(=O)[O-])c(N)c1.[NH3+]Cc1ccccc1. The van der Waals surface area contributed by atoms with Gasteiger partial charge in [0.15, 0.2) is 0 Å². The van der Waals surface area contributed by atoms with Crippen molar-refractivity contribution in [1.82, 2.24) is 0 Å². The molecule has 0 fully saturated rings. The largest absolute Gasteiger partial charge is 0.744 e. The summed E-state index contributed by atoms with van der Waals surface area (Å²) < 4.78 is 31.5. The van der Waals surface area contributed by atoms with E-state index in [0.29, 0.717) is 5.69 Å². The smallest absolute Gasteiger partial charge is 0.126 e. The number of hydrogen-bond donors (Lipinski definition) is 3. The Balaban J connectivity index is 0.000000217. The van der Waals surface area contributed by atoms with Crippen molar-refractivity contribution >= 4 is 21.5 Å². The highest BCUT2D eigenvalue weighted by Crippen LogP contribution is 2.19. The molecule has 0 aliphatic rings. The standard InChI is InChI=1S/C7H9N.C6H8N2O3S/c8-6-7-4-2-1-3-5-7;7-4-1-2-6(5(8)3-4)12(9,10)11/h1-5H,6,8H2;1-3H,7-8H2,(H,9,10,11). The molecule has 20 heavy (non-hydrogen) atoms. The van der Waals surface area contributed by atoms with Crippen molar-refractivity contribution in [2.75, 3.05) is 11.5 Å². The van der Waals surface area contributed by atoms with Gasteiger partial charge >= 0.3 is 0 Å². The molecule has 0 aromatic heterocycles. The van der Waals surface area contributed by atoms with Crippen LogP contribution in [0.5, 0.6) is 0 Å². The Bertz CT molecular complexity index is 658. The Morgan fingerprint density at radius 3 is 2.05 bits per heavy atom. The summed E-state index contributed by atoms with van der Waals surface area (Å²) in [5, 5.41) is 0. The second kappa shape index (κ2) is 6.90. The molecule has 6 nitrogen and oxygen atoms in total. The van der Waals surface area contributed by atoms with E-state index in [4.69, 9.17) is 11.5 Å². The third-order valence-electron chi connectivity index (χ3n) is 2.43. The molecule has 0 saturated carbocycles. The van der Waals surface area contributed by atoms with Crippen LogP contribution in [0.15, 0.2) is 53.4 Å². The molecule has 7 heteroatoms. The second-order valence-corrected chi connectivity index (χ2v) is 5.34. The first-order valence-electron chi connectivity index (χ1n) is 5.78. The van der Waals surface area contributed by atoms with Crippen molar-refractivity contribution in [3.8, 4) is 0 Å². The highest BCUT2D eigenvalue weighted by atomic mass is 32.2. The molecule has 0 aliphatic heterocycles. The molecule has 2 aromatic carbocycles. The number of benzene rings is 2. The van der Waals surface area contributed by atoms with E-state index >= 15 is 0 Å². The third-order valence-corrected chi connectivity index (χ3v) is 3.35. The molecule has 2 aromatic rings. The fraction of sp³-hybridized carbons (Fsp3) is 0.0769. The van der Waals surface area contributed by atoms with Gasteiger partial charge in [-0.15, -0.1) is 0 Å². The van der Waals surface area contributed by atoms with Gasteiger partial charge in [0.05, 0.1) is 17.1 Å². The molecule has 0 radical (unpaired) electrons. The molecule has 0 amide bonds. The number of nitrogens with two attached hydrogens (primary N) is 2. The Kier molecular flexibility index (Phi) is 5.51. The maximum Gasteiger partial charge on any atom is 0.126 e. The summed E-state index contributed by atoms with van der Waals surface area (Å²) in [5.74, 6) is 0. The van der Waals surface area contributed by atoms with Crippen molar-refractivity contribution in [3.05, 3.63) is 54.1 Å². The zero-order valence-electron chi connectivity index (χ0n) is 10.8. The average Bonchev–Trinajstić information content (AvgIpc) is 2.38. The Morgan fingerprint density at radius 1 is 1.05 bits per heavy atom. The van der Waals surface area contributed by atoms with Gasteiger partial charge in [0, 0.05) is 11.3 Å². The van der Waals surface area contributed by atoms with Crippen molar-refractivity contribution in [1.29, 1.82) is 0 Å². The Morgan fingerprint density at radius 2 is 1.65 bits per heavy atom. The van der Waals surface area contributed by atoms with Crippen LogP contribution in [0.3, 0.4) is 0 Å². The molecular formula is C13H17N3O3S.